The van der Waals surface area contributed by atoms with Crippen LogP contribution in [0.4, 0.5) is 5.69 Å². The highest BCUT2D eigenvalue weighted by Gasteiger charge is 2.19. The number of rotatable bonds is 6. The van der Waals surface area contributed by atoms with E-state index in [1.807, 2.05) is 0 Å². The van der Waals surface area contributed by atoms with E-state index in [1.54, 1.807) is 11.6 Å². The summed E-state index contributed by atoms with van der Waals surface area (Å²) >= 11 is 1.11. The number of carbonyl (C=O) groups is 1. The van der Waals surface area contributed by atoms with E-state index in [9.17, 15) is 14.9 Å². The molecule has 2 aromatic rings. The van der Waals surface area contributed by atoms with E-state index in [0.717, 1.165) is 11.8 Å². The van der Waals surface area contributed by atoms with Crippen LogP contribution in [0.25, 0.3) is 0 Å². The van der Waals surface area contributed by atoms with Gasteiger partial charge in [-0.15, -0.1) is 22.6 Å². The molecule has 3 N–H and O–H groups in total. The first-order valence-corrected chi connectivity index (χ1v) is 7.13. The van der Waals surface area contributed by atoms with Crippen LogP contribution in [0.15, 0.2) is 34.6 Å². The van der Waals surface area contributed by atoms with Gasteiger partial charge in [-0.25, -0.2) is 0 Å². The lowest BCUT2D eigenvalue weighted by molar-refractivity contribution is -0.387. The fourth-order valence-electron chi connectivity index (χ4n) is 1.64. The molecule has 23 heavy (non-hydrogen) atoms. The van der Waals surface area contributed by atoms with Gasteiger partial charge < -0.3 is 15.6 Å². The Morgan fingerprint density at radius 2 is 2.26 bits per heavy atom. The van der Waals surface area contributed by atoms with Crippen molar-refractivity contribution in [1.82, 2.24) is 20.1 Å². The number of aryl methyl sites for hydroxylation is 1. The van der Waals surface area contributed by atoms with E-state index in [2.05, 4.69) is 15.5 Å². The zero-order valence-corrected chi connectivity index (χ0v) is 13.8. The molecular weight excluding hydrogens is 344 g/mol. The van der Waals surface area contributed by atoms with Crippen molar-refractivity contribution in [1.29, 1.82) is 0 Å². The predicted molar refractivity (Wildman–Crippen MR) is 86.9 cm³/mol. The standard InChI is InChI=1S/C12H14N6O3S.ClH/c1-17-7-15-16-12(17)22-10-3-2-8(6-9(10)18(20)21)11(19)14-5-4-13;/h2-3,6-7H,4-5,13H2,1H3,(H,14,19);1H. The normalized spacial score (nSPS) is 10.0. The Balaban J connectivity index is 0.00000264. The SMILES string of the molecule is Cl.Cn1cnnc1Sc1ccc(C(=O)NCCN)cc1[N+](=O)[O-]. The third kappa shape index (κ3) is 4.65. The molecule has 0 saturated heterocycles. The highest BCUT2D eigenvalue weighted by molar-refractivity contribution is 7.99. The van der Waals surface area contributed by atoms with E-state index < -0.39 is 10.8 Å². The summed E-state index contributed by atoms with van der Waals surface area (Å²) in [5.74, 6) is -0.399. The Kier molecular flexibility index (Phi) is 6.94. The van der Waals surface area contributed by atoms with Gasteiger partial charge in [-0.3, -0.25) is 14.9 Å². The zero-order chi connectivity index (χ0) is 16.1. The van der Waals surface area contributed by atoms with Gasteiger partial charge >= 0.3 is 0 Å². The van der Waals surface area contributed by atoms with Gasteiger partial charge in [0.25, 0.3) is 11.6 Å². The molecule has 0 fully saturated rings. The Morgan fingerprint density at radius 1 is 1.52 bits per heavy atom. The molecule has 0 bridgehead atoms. The summed E-state index contributed by atoms with van der Waals surface area (Å²) in [4.78, 5) is 22.9. The number of amides is 1. The lowest BCUT2D eigenvalue weighted by Gasteiger charge is -2.06. The zero-order valence-electron chi connectivity index (χ0n) is 12.1. The van der Waals surface area contributed by atoms with Crippen LogP contribution in [0.2, 0.25) is 0 Å². The molecule has 0 aliphatic heterocycles. The van der Waals surface area contributed by atoms with Crippen molar-refractivity contribution in [3.05, 3.63) is 40.2 Å². The first kappa shape index (κ1) is 18.9. The van der Waals surface area contributed by atoms with Crippen LogP contribution in [-0.2, 0) is 7.05 Å². The van der Waals surface area contributed by atoms with Gasteiger partial charge in [-0.1, -0.05) is 0 Å². The number of nitro groups is 1. The Morgan fingerprint density at radius 3 is 2.83 bits per heavy atom. The molecular formula is C12H15ClN6O3S. The molecule has 0 spiro atoms. The molecule has 1 heterocycles. The topological polar surface area (TPSA) is 129 Å². The summed E-state index contributed by atoms with van der Waals surface area (Å²) in [6.07, 6.45) is 1.50. The van der Waals surface area contributed by atoms with E-state index in [1.165, 1.54) is 24.5 Å². The molecule has 0 aliphatic rings. The van der Waals surface area contributed by atoms with Gasteiger partial charge in [0.05, 0.1) is 9.82 Å². The lowest BCUT2D eigenvalue weighted by atomic mass is 10.2. The molecule has 1 aromatic carbocycles. The second-order valence-electron chi connectivity index (χ2n) is 4.31. The van der Waals surface area contributed by atoms with Crippen molar-refractivity contribution in [3.8, 4) is 0 Å². The molecule has 0 saturated carbocycles. The van der Waals surface area contributed by atoms with Crippen molar-refractivity contribution in [3.63, 3.8) is 0 Å². The van der Waals surface area contributed by atoms with E-state index in [4.69, 9.17) is 5.73 Å². The third-order valence-electron chi connectivity index (χ3n) is 2.72. The minimum Gasteiger partial charge on any atom is -0.351 e. The molecule has 1 aromatic heterocycles. The van der Waals surface area contributed by atoms with Crippen LogP contribution in [0.3, 0.4) is 0 Å². The average molecular weight is 359 g/mol. The number of hydrogen-bond donors (Lipinski definition) is 2. The summed E-state index contributed by atoms with van der Waals surface area (Å²) in [7, 11) is 1.74. The minimum atomic E-state index is -0.529. The van der Waals surface area contributed by atoms with E-state index in [0.29, 0.717) is 23.1 Å². The number of benzene rings is 1. The monoisotopic (exact) mass is 358 g/mol. The smallest absolute Gasteiger partial charge is 0.284 e. The number of halogens is 1. The first-order chi connectivity index (χ1) is 10.5. The first-order valence-electron chi connectivity index (χ1n) is 6.31. The maximum atomic E-state index is 11.8. The van der Waals surface area contributed by atoms with Crippen molar-refractivity contribution in [2.24, 2.45) is 12.8 Å². The highest BCUT2D eigenvalue weighted by atomic mass is 35.5. The van der Waals surface area contributed by atoms with Gasteiger partial charge in [0.2, 0.25) is 0 Å². The molecule has 2 rings (SSSR count). The number of nitro benzene ring substituents is 1. The van der Waals surface area contributed by atoms with Crippen molar-refractivity contribution >= 4 is 35.8 Å². The number of carbonyl (C=O) groups excluding carboxylic acids is 1. The summed E-state index contributed by atoms with van der Waals surface area (Å²) in [6.45, 7) is 0.607. The average Bonchev–Trinajstić information content (AvgIpc) is 2.90. The number of nitrogens with two attached hydrogens (primary N) is 1. The molecule has 0 unspecified atom stereocenters. The van der Waals surface area contributed by atoms with Gasteiger partial charge in [-0.05, 0) is 23.9 Å². The highest BCUT2D eigenvalue weighted by Crippen LogP contribution is 2.34. The van der Waals surface area contributed by atoms with Gasteiger partial charge in [-0.2, -0.15) is 0 Å². The van der Waals surface area contributed by atoms with E-state index >= 15 is 0 Å². The van der Waals surface area contributed by atoms with Crippen molar-refractivity contribution < 1.29 is 9.72 Å². The second kappa shape index (κ2) is 8.46. The Bertz CT molecular complexity index is 708. The Labute approximate surface area is 142 Å². The summed E-state index contributed by atoms with van der Waals surface area (Å²) in [6, 6.07) is 4.29. The summed E-state index contributed by atoms with van der Waals surface area (Å²) < 4.78 is 1.65. The molecule has 0 aliphatic carbocycles. The van der Waals surface area contributed by atoms with Gasteiger partial charge in [0.15, 0.2) is 5.16 Å². The molecule has 11 heteroatoms. The maximum absolute atomic E-state index is 11.8. The molecule has 9 nitrogen and oxygen atoms in total. The number of nitrogens with one attached hydrogen (secondary N) is 1. The minimum absolute atomic E-state index is 0. The number of hydrogen-bond acceptors (Lipinski definition) is 7. The lowest BCUT2D eigenvalue weighted by Crippen LogP contribution is -2.29. The van der Waals surface area contributed by atoms with E-state index in [-0.39, 0.29) is 23.7 Å². The van der Waals surface area contributed by atoms with Crippen LogP contribution >= 0.6 is 24.2 Å². The third-order valence-corrected chi connectivity index (χ3v) is 3.84. The quantitative estimate of drug-likeness (QED) is 0.581. The Hall–Kier alpha value is -2.17. The van der Waals surface area contributed by atoms with Crippen LogP contribution in [0, 0.1) is 10.1 Å². The van der Waals surface area contributed by atoms with Crippen LogP contribution in [-0.4, -0.2) is 38.7 Å². The van der Waals surface area contributed by atoms with Crippen molar-refractivity contribution in [2.45, 2.75) is 10.1 Å². The second-order valence-corrected chi connectivity index (χ2v) is 5.32. The van der Waals surface area contributed by atoms with Crippen LogP contribution in [0.5, 0.6) is 0 Å². The molecule has 0 radical (unpaired) electrons. The van der Waals surface area contributed by atoms with Crippen LogP contribution in [0.1, 0.15) is 10.4 Å². The molecule has 1 amide bonds. The van der Waals surface area contributed by atoms with Crippen molar-refractivity contribution in [2.75, 3.05) is 13.1 Å². The summed E-state index contributed by atoms with van der Waals surface area (Å²) in [5, 5.41) is 21.9. The number of aromatic nitrogens is 3. The predicted octanol–water partition coefficient (Wildman–Crippen LogP) is 0.985. The fraction of sp³-hybridized carbons (Fsp3) is 0.250. The van der Waals surface area contributed by atoms with Crippen LogP contribution < -0.4 is 11.1 Å². The number of nitrogens with zero attached hydrogens (tertiary/aromatic N) is 4. The summed E-state index contributed by atoms with van der Waals surface area (Å²) in [5.41, 5.74) is 5.36. The molecule has 124 valence electrons. The fourth-order valence-corrected chi connectivity index (χ4v) is 2.49. The van der Waals surface area contributed by atoms with Gasteiger partial charge in [0.1, 0.15) is 6.33 Å². The van der Waals surface area contributed by atoms with Gasteiger partial charge in [0, 0.05) is 31.8 Å². The largest absolute Gasteiger partial charge is 0.351 e. The maximum Gasteiger partial charge on any atom is 0.284 e. The molecule has 0 atom stereocenters.